The number of hydrogen-bond acceptors (Lipinski definition) is 2. The van der Waals surface area contributed by atoms with Gasteiger partial charge in [-0.25, -0.2) is 0 Å². The number of amidine groups is 1. The van der Waals surface area contributed by atoms with Crippen molar-refractivity contribution in [2.45, 2.75) is 38.8 Å². The summed E-state index contributed by atoms with van der Waals surface area (Å²) in [6, 6.07) is 0.352. The molecular weight excluding hydrogens is 150 g/mol. The minimum atomic E-state index is -0.331. The quantitative estimate of drug-likeness (QED) is 0.618. The van der Waals surface area contributed by atoms with Crippen LogP contribution in [0.1, 0.15) is 27.2 Å². The molecule has 3 nitrogen and oxygen atoms in total. The van der Waals surface area contributed by atoms with Gasteiger partial charge in [0.15, 0.2) is 0 Å². The second-order valence-corrected chi connectivity index (χ2v) is 3.95. The fourth-order valence-electron chi connectivity index (χ4n) is 1.34. The Kier molecular flexibility index (Phi) is 2.24. The highest BCUT2D eigenvalue weighted by molar-refractivity contribution is 5.83. The third-order valence-electron chi connectivity index (χ3n) is 2.03. The molecule has 1 heterocycles. The van der Waals surface area contributed by atoms with E-state index in [2.05, 4.69) is 13.8 Å². The minimum absolute atomic E-state index is 0.331. The first-order valence-electron chi connectivity index (χ1n) is 4.26. The molecule has 0 bridgehead atoms. The van der Waals surface area contributed by atoms with Crippen molar-refractivity contribution in [3.63, 3.8) is 0 Å². The zero-order valence-corrected chi connectivity index (χ0v) is 7.96. The van der Waals surface area contributed by atoms with Crippen molar-refractivity contribution >= 4 is 5.84 Å². The number of rotatable bonds is 1. The SMILES string of the molecule is CC(C)N1C=CC(C)(N)CC1=N. The van der Waals surface area contributed by atoms with Crippen LogP contribution in [0.3, 0.4) is 0 Å². The molecule has 0 radical (unpaired) electrons. The number of nitrogens with zero attached hydrogens (tertiary/aromatic N) is 1. The molecule has 1 atom stereocenters. The van der Waals surface area contributed by atoms with E-state index < -0.39 is 0 Å². The van der Waals surface area contributed by atoms with Crippen molar-refractivity contribution in [3.8, 4) is 0 Å². The van der Waals surface area contributed by atoms with Crippen LogP contribution in [0.5, 0.6) is 0 Å². The van der Waals surface area contributed by atoms with Gasteiger partial charge in [0.25, 0.3) is 0 Å². The Bertz CT molecular complexity index is 216. The maximum Gasteiger partial charge on any atom is 0.102 e. The third-order valence-corrected chi connectivity index (χ3v) is 2.03. The van der Waals surface area contributed by atoms with Crippen molar-refractivity contribution in [1.82, 2.24) is 4.90 Å². The molecule has 0 spiro atoms. The van der Waals surface area contributed by atoms with Gasteiger partial charge in [0.2, 0.25) is 0 Å². The van der Waals surface area contributed by atoms with E-state index in [-0.39, 0.29) is 5.54 Å². The lowest BCUT2D eigenvalue weighted by molar-refractivity contribution is 0.408. The first-order chi connectivity index (χ1) is 5.42. The monoisotopic (exact) mass is 167 g/mol. The van der Waals surface area contributed by atoms with E-state index in [4.69, 9.17) is 11.1 Å². The van der Waals surface area contributed by atoms with Crippen LogP contribution in [0.2, 0.25) is 0 Å². The Morgan fingerprint density at radius 2 is 2.25 bits per heavy atom. The summed E-state index contributed by atoms with van der Waals surface area (Å²) < 4.78 is 0. The van der Waals surface area contributed by atoms with E-state index in [9.17, 15) is 0 Å². The maximum absolute atomic E-state index is 7.73. The van der Waals surface area contributed by atoms with Crippen LogP contribution in [0, 0.1) is 5.41 Å². The van der Waals surface area contributed by atoms with Gasteiger partial charge in [0.05, 0.1) is 0 Å². The molecule has 0 aromatic rings. The largest absolute Gasteiger partial charge is 0.335 e. The maximum atomic E-state index is 7.73. The van der Waals surface area contributed by atoms with E-state index in [0.29, 0.717) is 18.3 Å². The number of nitrogens with two attached hydrogens (primary N) is 1. The van der Waals surface area contributed by atoms with Crippen molar-refractivity contribution in [2.24, 2.45) is 5.73 Å². The van der Waals surface area contributed by atoms with Gasteiger partial charge in [0, 0.05) is 24.2 Å². The van der Waals surface area contributed by atoms with Gasteiger partial charge in [-0.1, -0.05) is 0 Å². The average molecular weight is 167 g/mol. The standard InChI is InChI=1S/C9H17N3/c1-7(2)12-5-4-9(3,11)6-8(12)10/h4-5,7,10H,6,11H2,1-3H3. The van der Waals surface area contributed by atoms with E-state index in [1.807, 2.05) is 24.1 Å². The summed E-state index contributed by atoms with van der Waals surface area (Å²) in [6.07, 6.45) is 4.50. The van der Waals surface area contributed by atoms with E-state index in [0.717, 1.165) is 0 Å². The van der Waals surface area contributed by atoms with Crippen molar-refractivity contribution in [1.29, 1.82) is 5.41 Å². The summed E-state index contributed by atoms with van der Waals surface area (Å²) in [4.78, 5) is 1.94. The Morgan fingerprint density at radius 1 is 1.67 bits per heavy atom. The summed E-state index contributed by atoms with van der Waals surface area (Å²) in [5.74, 6) is 0.609. The summed E-state index contributed by atoms with van der Waals surface area (Å²) in [5, 5.41) is 7.73. The summed E-state index contributed by atoms with van der Waals surface area (Å²) in [6.45, 7) is 6.08. The van der Waals surface area contributed by atoms with Crippen molar-refractivity contribution in [3.05, 3.63) is 12.3 Å². The Labute approximate surface area is 73.7 Å². The Hall–Kier alpha value is -0.830. The molecule has 1 rings (SSSR count). The summed E-state index contributed by atoms with van der Waals surface area (Å²) in [5.41, 5.74) is 5.55. The van der Waals surface area contributed by atoms with E-state index >= 15 is 0 Å². The lowest BCUT2D eigenvalue weighted by Gasteiger charge is -2.34. The zero-order valence-electron chi connectivity index (χ0n) is 7.96. The minimum Gasteiger partial charge on any atom is -0.335 e. The molecule has 0 saturated carbocycles. The fourth-order valence-corrected chi connectivity index (χ4v) is 1.34. The van der Waals surface area contributed by atoms with Crippen LogP contribution in [0.4, 0.5) is 0 Å². The molecule has 68 valence electrons. The molecule has 12 heavy (non-hydrogen) atoms. The topological polar surface area (TPSA) is 53.1 Å². The highest BCUT2D eigenvalue weighted by Crippen LogP contribution is 2.18. The van der Waals surface area contributed by atoms with Crippen LogP contribution >= 0.6 is 0 Å². The highest BCUT2D eigenvalue weighted by atomic mass is 15.2. The fraction of sp³-hybridized carbons (Fsp3) is 0.667. The number of hydrogen-bond donors (Lipinski definition) is 2. The van der Waals surface area contributed by atoms with Gasteiger partial charge < -0.3 is 10.6 Å². The molecule has 3 heteroatoms. The second-order valence-electron chi connectivity index (χ2n) is 3.95. The summed E-state index contributed by atoms with van der Waals surface area (Å²) in [7, 11) is 0. The molecule has 3 N–H and O–H groups in total. The molecule has 1 aliphatic heterocycles. The number of nitrogens with one attached hydrogen (secondary N) is 1. The Morgan fingerprint density at radius 3 is 2.67 bits per heavy atom. The molecule has 0 aromatic heterocycles. The van der Waals surface area contributed by atoms with Crippen LogP contribution in [-0.2, 0) is 0 Å². The lowest BCUT2D eigenvalue weighted by Crippen LogP contribution is -2.46. The third kappa shape index (κ3) is 1.85. The predicted octanol–water partition coefficient (Wildman–Crippen LogP) is 1.31. The van der Waals surface area contributed by atoms with Crippen molar-refractivity contribution in [2.75, 3.05) is 0 Å². The first kappa shape index (κ1) is 9.26. The average Bonchev–Trinajstić information content (AvgIpc) is 1.83. The smallest absolute Gasteiger partial charge is 0.102 e. The first-order valence-corrected chi connectivity index (χ1v) is 4.26. The van der Waals surface area contributed by atoms with Crippen LogP contribution in [-0.4, -0.2) is 22.3 Å². The molecule has 1 aliphatic rings. The van der Waals surface area contributed by atoms with Gasteiger partial charge in [-0.15, -0.1) is 0 Å². The van der Waals surface area contributed by atoms with Crippen LogP contribution in [0.25, 0.3) is 0 Å². The second kappa shape index (κ2) is 2.90. The van der Waals surface area contributed by atoms with Crippen molar-refractivity contribution < 1.29 is 0 Å². The van der Waals surface area contributed by atoms with Gasteiger partial charge in [-0.2, -0.15) is 0 Å². The van der Waals surface area contributed by atoms with Gasteiger partial charge in [-0.3, -0.25) is 5.41 Å². The van der Waals surface area contributed by atoms with E-state index in [1.54, 1.807) is 0 Å². The van der Waals surface area contributed by atoms with Crippen LogP contribution in [0.15, 0.2) is 12.3 Å². The van der Waals surface area contributed by atoms with Gasteiger partial charge >= 0.3 is 0 Å². The molecule has 0 amide bonds. The molecular formula is C9H17N3. The van der Waals surface area contributed by atoms with Gasteiger partial charge in [0.1, 0.15) is 5.84 Å². The zero-order chi connectivity index (χ0) is 9.35. The highest BCUT2D eigenvalue weighted by Gasteiger charge is 2.25. The molecule has 0 aromatic carbocycles. The predicted molar refractivity (Wildman–Crippen MR) is 51.1 cm³/mol. The summed E-state index contributed by atoms with van der Waals surface area (Å²) >= 11 is 0. The van der Waals surface area contributed by atoms with Crippen LogP contribution < -0.4 is 5.73 Å². The molecule has 0 saturated heterocycles. The molecule has 1 unspecified atom stereocenters. The van der Waals surface area contributed by atoms with E-state index in [1.165, 1.54) is 0 Å². The molecule has 0 aliphatic carbocycles. The normalized spacial score (nSPS) is 30.1. The molecule has 0 fully saturated rings. The Balaban J connectivity index is 2.79. The van der Waals surface area contributed by atoms with Gasteiger partial charge in [-0.05, 0) is 26.8 Å². The lowest BCUT2D eigenvalue weighted by atomic mass is 9.95.